The molecule has 0 atom stereocenters. The van der Waals surface area contributed by atoms with Gasteiger partial charge in [-0.15, -0.1) is 0 Å². The van der Waals surface area contributed by atoms with Gasteiger partial charge in [0, 0.05) is 6.54 Å². The van der Waals surface area contributed by atoms with E-state index in [-0.39, 0.29) is 18.5 Å². The molecule has 0 bridgehead atoms. The summed E-state index contributed by atoms with van der Waals surface area (Å²) in [4.78, 5) is 23.1. The summed E-state index contributed by atoms with van der Waals surface area (Å²) in [7, 11) is 1.23. The van der Waals surface area contributed by atoms with Crippen LogP contribution in [-0.2, 0) is 25.9 Å². The molecule has 0 saturated heterocycles. The van der Waals surface area contributed by atoms with E-state index in [1.165, 1.54) is 33.1 Å². The zero-order valence-electron chi connectivity index (χ0n) is 12.6. The standard InChI is InChI=1S/C15H18F3NO3/c1-14(2,13(21)19-8-7-12(20)22-3)10-5-4-6-11(9-10)15(16,17)18/h4-6,9H,7-8H2,1-3H3,(H,19,21). The van der Waals surface area contributed by atoms with E-state index in [1.807, 2.05) is 0 Å². The van der Waals surface area contributed by atoms with Gasteiger partial charge in [-0.3, -0.25) is 9.59 Å². The SMILES string of the molecule is COC(=O)CCNC(=O)C(C)(C)c1cccc(C(F)(F)F)c1. The Kier molecular flexibility index (Phi) is 5.57. The summed E-state index contributed by atoms with van der Waals surface area (Å²) in [5, 5.41) is 2.52. The smallest absolute Gasteiger partial charge is 0.416 e. The van der Waals surface area contributed by atoms with Gasteiger partial charge in [0.05, 0.1) is 24.5 Å². The summed E-state index contributed by atoms with van der Waals surface area (Å²) < 4.78 is 42.6. The highest BCUT2D eigenvalue weighted by Crippen LogP contribution is 2.32. The van der Waals surface area contributed by atoms with E-state index in [9.17, 15) is 22.8 Å². The van der Waals surface area contributed by atoms with Crippen molar-refractivity contribution in [2.75, 3.05) is 13.7 Å². The molecule has 0 aliphatic heterocycles. The average molecular weight is 317 g/mol. The number of ether oxygens (including phenoxy) is 1. The van der Waals surface area contributed by atoms with Crippen LogP contribution in [0.5, 0.6) is 0 Å². The molecule has 1 aromatic rings. The Hall–Kier alpha value is -2.05. The van der Waals surface area contributed by atoms with E-state index in [0.29, 0.717) is 0 Å². The van der Waals surface area contributed by atoms with Gasteiger partial charge in [-0.1, -0.05) is 18.2 Å². The average Bonchev–Trinajstić information content (AvgIpc) is 2.46. The van der Waals surface area contributed by atoms with E-state index in [4.69, 9.17) is 0 Å². The lowest BCUT2D eigenvalue weighted by Crippen LogP contribution is -2.41. The highest BCUT2D eigenvalue weighted by atomic mass is 19.4. The number of hydrogen-bond acceptors (Lipinski definition) is 3. The van der Waals surface area contributed by atoms with Crippen molar-refractivity contribution in [3.05, 3.63) is 35.4 Å². The number of esters is 1. The summed E-state index contributed by atoms with van der Waals surface area (Å²) in [5.41, 5.74) is -1.71. The topological polar surface area (TPSA) is 55.4 Å². The van der Waals surface area contributed by atoms with Gasteiger partial charge < -0.3 is 10.1 Å². The van der Waals surface area contributed by atoms with Gasteiger partial charge in [-0.25, -0.2) is 0 Å². The van der Waals surface area contributed by atoms with Crippen LogP contribution >= 0.6 is 0 Å². The fourth-order valence-electron chi connectivity index (χ4n) is 1.82. The molecule has 0 aliphatic carbocycles. The number of carbonyl (C=O) groups excluding carboxylic acids is 2. The predicted molar refractivity (Wildman–Crippen MR) is 74.1 cm³/mol. The number of rotatable bonds is 5. The molecule has 1 N–H and O–H groups in total. The minimum Gasteiger partial charge on any atom is -0.469 e. The Morgan fingerprint density at radius 1 is 1.18 bits per heavy atom. The molecule has 4 nitrogen and oxygen atoms in total. The molecule has 0 radical (unpaired) electrons. The van der Waals surface area contributed by atoms with Gasteiger partial charge in [0.25, 0.3) is 0 Å². The minimum absolute atomic E-state index is 0.000904. The monoisotopic (exact) mass is 317 g/mol. The normalized spacial score (nSPS) is 11.9. The van der Waals surface area contributed by atoms with Crippen LogP contribution in [0.25, 0.3) is 0 Å². The molecule has 1 rings (SSSR count). The number of hydrogen-bond donors (Lipinski definition) is 1. The molecule has 0 heterocycles. The quantitative estimate of drug-likeness (QED) is 0.850. The lowest BCUT2D eigenvalue weighted by atomic mass is 9.83. The number of amides is 1. The third-order valence-electron chi connectivity index (χ3n) is 3.32. The third kappa shape index (κ3) is 4.47. The summed E-state index contributed by atoms with van der Waals surface area (Å²) >= 11 is 0. The van der Waals surface area contributed by atoms with Crippen LogP contribution in [0.1, 0.15) is 31.4 Å². The van der Waals surface area contributed by atoms with E-state index < -0.39 is 29.0 Å². The van der Waals surface area contributed by atoms with Crippen molar-refractivity contribution in [2.24, 2.45) is 0 Å². The van der Waals surface area contributed by atoms with E-state index in [2.05, 4.69) is 10.1 Å². The zero-order valence-corrected chi connectivity index (χ0v) is 12.6. The van der Waals surface area contributed by atoms with Crippen molar-refractivity contribution in [1.82, 2.24) is 5.32 Å². The number of carbonyl (C=O) groups is 2. The van der Waals surface area contributed by atoms with Crippen LogP contribution in [0.15, 0.2) is 24.3 Å². The second-order valence-electron chi connectivity index (χ2n) is 5.29. The van der Waals surface area contributed by atoms with Crippen LogP contribution in [0, 0.1) is 0 Å². The third-order valence-corrected chi connectivity index (χ3v) is 3.32. The number of methoxy groups -OCH3 is 1. The van der Waals surface area contributed by atoms with Crippen molar-refractivity contribution in [2.45, 2.75) is 31.9 Å². The summed E-state index contributed by atoms with van der Waals surface area (Å²) in [6.45, 7) is 3.11. The molecular weight excluding hydrogens is 299 g/mol. The largest absolute Gasteiger partial charge is 0.469 e. The van der Waals surface area contributed by atoms with Gasteiger partial charge in [0.2, 0.25) is 5.91 Å². The van der Waals surface area contributed by atoms with E-state index in [1.54, 1.807) is 0 Å². The highest BCUT2D eigenvalue weighted by molar-refractivity contribution is 5.87. The molecule has 22 heavy (non-hydrogen) atoms. The van der Waals surface area contributed by atoms with E-state index in [0.717, 1.165) is 12.1 Å². The number of benzene rings is 1. The van der Waals surface area contributed by atoms with Crippen LogP contribution in [0.4, 0.5) is 13.2 Å². The van der Waals surface area contributed by atoms with E-state index >= 15 is 0 Å². The number of halogens is 3. The first kappa shape index (κ1) is 18.0. The molecule has 122 valence electrons. The maximum atomic E-state index is 12.7. The molecule has 1 aromatic carbocycles. The van der Waals surface area contributed by atoms with Crippen LogP contribution in [0.2, 0.25) is 0 Å². The molecule has 0 saturated carbocycles. The van der Waals surface area contributed by atoms with Crippen LogP contribution in [-0.4, -0.2) is 25.5 Å². The van der Waals surface area contributed by atoms with Crippen molar-refractivity contribution < 1.29 is 27.5 Å². The fourth-order valence-corrected chi connectivity index (χ4v) is 1.82. The van der Waals surface area contributed by atoms with Gasteiger partial charge in [-0.2, -0.15) is 13.2 Å². The Morgan fingerprint density at radius 2 is 1.77 bits per heavy atom. The molecule has 1 amide bonds. The van der Waals surface area contributed by atoms with Crippen molar-refractivity contribution in [3.8, 4) is 0 Å². The molecule has 0 spiro atoms. The predicted octanol–water partition coefficient (Wildman–Crippen LogP) is 2.66. The first-order chi connectivity index (χ1) is 10.1. The molecule has 0 aliphatic rings. The van der Waals surface area contributed by atoms with Gasteiger partial charge in [0.15, 0.2) is 0 Å². The second kappa shape index (κ2) is 6.81. The van der Waals surface area contributed by atoms with Crippen LogP contribution < -0.4 is 5.32 Å². The zero-order chi connectivity index (χ0) is 17.0. The van der Waals surface area contributed by atoms with Gasteiger partial charge >= 0.3 is 12.1 Å². The van der Waals surface area contributed by atoms with Crippen molar-refractivity contribution in [3.63, 3.8) is 0 Å². The summed E-state index contributed by atoms with van der Waals surface area (Å²) in [5.74, 6) is -0.937. The summed E-state index contributed by atoms with van der Waals surface area (Å²) in [6.07, 6.45) is -4.46. The summed E-state index contributed by atoms with van der Waals surface area (Å²) in [6, 6.07) is 4.64. The maximum Gasteiger partial charge on any atom is 0.416 e. The Morgan fingerprint density at radius 3 is 2.32 bits per heavy atom. The minimum atomic E-state index is -4.46. The molecule has 0 fully saturated rings. The Labute approximate surface area is 126 Å². The Balaban J connectivity index is 2.85. The van der Waals surface area contributed by atoms with Gasteiger partial charge in [0.1, 0.15) is 0 Å². The lowest BCUT2D eigenvalue weighted by molar-refractivity contribution is -0.141. The lowest BCUT2D eigenvalue weighted by Gasteiger charge is -2.25. The highest BCUT2D eigenvalue weighted by Gasteiger charge is 2.34. The molecule has 0 aromatic heterocycles. The fraction of sp³-hybridized carbons (Fsp3) is 0.467. The van der Waals surface area contributed by atoms with Gasteiger partial charge in [-0.05, 0) is 25.5 Å². The molecule has 7 heteroatoms. The second-order valence-corrected chi connectivity index (χ2v) is 5.29. The maximum absolute atomic E-state index is 12.7. The number of alkyl halides is 3. The van der Waals surface area contributed by atoms with Crippen LogP contribution in [0.3, 0.4) is 0 Å². The van der Waals surface area contributed by atoms with Crippen molar-refractivity contribution >= 4 is 11.9 Å². The van der Waals surface area contributed by atoms with Crippen molar-refractivity contribution in [1.29, 1.82) is 0 Å². The Bertz CT molecular complexity index is 553. The molecular formula is C15H18F3NO3. The molecule has 0 unspecified atom stereocenters. The first-order valence-electron chi connectivity index (χ1n) is 6.62. The number of nitrogens with one attached hydrogen (secondary N) is 1. The first-order valence-corrected chi connectivity index (χ1v) is 6.62.